The first kappa shape index (κ1) is 19.1. The van der Waals surface area contributed by atoms with Crippen LogP contribution in [-0.4, -0.2) is 30.7 Å². The topological polar surface area (TPSA) is 41.6 Å². The van der Waals surface area contributed by atoms with E-state index in [1.807, 2.05) is 47.6 Å². The van der Waals surface area contributed by atoms with Gasteiger partial charge in [-0.2, -0.15) is 0 Å². The number of hydrogen-bond donors (Lipinski definition) is 1. The molecular formula is C14H28N2O2. The lowest BCUT2D eigenvalue weighted by molar-refractivity contribution is -0.118. The summed E-state index contributed by atoms with van der Waals surface area (Å²) in [7, 11) is 1.58. The number of carbonyl (C=O) groups is 1. The summed E-state index contributed by atoms with van der Waals surface area (Å²) in [6, 6.07) is 0.148. The van der Waals surface area contributed by atoms with Crippen LogP contribution in [0.15, 0.2) is 23.9 Å². The van der Waals surface area contributed by atoms with Crippen molar-refractivity contribution >= 4 is 5.91 Å². The molecule has 1 amide bonds. The van der Waals surface area contributed by atoms with Crippen LogP contribution < -0.4 is 5.32 Å². The van der Waals surface area contributed by atoms with Gasteiger partial charge in [-0.15, -0.1) is 0 Å². The van der Waals surface area contributed by atoms with Crippen LogP contribution in [-0.2, 0) is 9.63 Å². The molecule has 0 aliphatic carbocycles. The van der Waals surface area contributed by atoms with Crippen LogP contribution in [0.3, 0.4) is 0 Å². The van der Waals surface area contributed by atoms with Crippen LogP contribution in [0.25, 0.3) is 0 Å². The molecule has 0 fully saturated rings. The van der Waals surface area contributed by atoms with E-state index >= 15 is 0 Å². The maximum atomic E-state index is 11.6. The number of rotatable bonds is 3. The van der Waals surface area contributed by atoms with Gasteiger partial charge in [0.2, 0.25) is 0 Å². The number of carbonyl (C=O) groups excluding carboxylic acids is 1. The summed E-state index contributed by atoms with van der Waals surface area (Å²) in [5.74, 6) is -0.0713. The third-order valence-corrected chi connectivity index (χ3v) is 1.78. The Labute approximate surface area is 112 Å². The quantitative estimate of drug-likeness (QED) is 0.844. The minimum atomic E-state index is -0.0713. The Morgan fingerprint density at radius 3 is 2.33 bits per heavy atom. The van der Waals surface area contributed by atoms with Crippen molar-refractivity contribution < 1.29 is 9.63 Å². The summed E-state index contributed by atoms with van der Waals surface area (Å²) >= 11 is 0. The molecule has 1 aliphatic heterocycles. The largest absolute Gasteiger partial charge is 0.350 e. The van der Waals surface area contributed by atoms with Crippen LogP contribution in [0.4, 0.5) is 0 Å². The molecule has 0 aromatic heterocycles. The molecule has 18 heavy (non-hydrogen) atoms. The van der Waals surface area contributed by atoms with Gasteiger partial charge in [-0.1, -0.05) is 39.8 Å². The fourth-order valence-electron chi connectivity index (χ4n) is 1.14. The Morgan fingerprint density at radius 1 is 1.33 bits per heavy atom. The number of hydroxylamine groups is 2. The van der Waals surface area contributed by atoms with E-state index in [0.29, 0.717) is 12.1 Å². The van der Waals surface area contributed by atoms with Crippen LogP contribution in [0, 0.1) is 0 Å². The van der Waals surface area contributed by atoms with Gasteiger partial charge in [0.05, 0.1) is 19.2 Å². The monoisotopic (exact) mass is 256 g/mol. The summed E-state index contributed by atoms with van der Waals surface area (Å²) in [5, 5.41) is 4.42. The SMILES string of the molecule is CC.CC.CON1C=C(C(=O)NC(C)C)C=CC1. The van der Waals surface area contributed by atoms with Crippen molar-refractivity contribution in [1.82, 2.24) is 10.4 Å². The molecule has 1 heterocycles. The Morgan fingerprint density at radius 2 is 1.89 bits per heavy atom. The van der Waals surface area contributed by atoms with E-state index in [4.69, 9.17) is 4.84 Å². The summed E-state index contributed by atoms with van der Waals surface area (Å²) in [6.45, 7) is 12.5. The van der Waals surface area contributed by atoms with Gasteiger partial charge in [0.15, 0.2) is 0 Å². The van der Waals surface area contributed by atoms with E-state index in [1.54, 1.807) is 24.4 Å². The van der Waals surface area contributed by atoms with Crippen molar-refractivity contribution in [2.75, 3.05) is 13.7 Å². The van der Waals surface area contributed by atoms with E-state index in [-0.39, 0.29) is 11.9 Å². The third kappa shape index (κ3) is 7.90. The highest BCUT2D eigenvalue weighted by atomic mass is 16.7. The lowest BCUT2D eigenvalue weighted by Crippen LogP contribution is -2.33. The molecule has 106 valence electrons. The zero-order chi connectivity index (χ0) is 14.6. The van der Waals surface area contributed by atoms with Gasteiger partial charge in [-0.05, 0) is 13.8 Å². The number of nitrogens with one attached hydrogen (secondary N) is 1. The highest BCUT2D eigenvalue weighted by Crippen LogP contribution is 2.07. The van der Waals surface area contributed by atoms with Crippen molar-refractivity contribution in [2.24, 2.45) is 0 Å². The lowest BCUT2D eigenvalue weighted by atomic mass is 10.2. The second-order valence-electron chi connectivity index (χ2n) is 3.40. The Kier molecular flexibility index (Phi) is 12.9. The van der Waals surface area contributed by atoms with E-state index in [2.05, 4.69) is 5.32 Å². The van der Waals surface area contributed by atoms with Crippen LogP contribution in [0.2, 0.25) is 0 Å². The van der Waals surface area contributed by atoms with Crippen molar-refractivity contribution in [2.45, 2.75) is 47.6 Å². The molecule has 0 radical (unpaired) electrons. The molecule has 0 aromatic carbocycles. The molecule has 0 unspecified atom stereocenters. The molecule has 0 spiro atoms. The second-order valence-corrected chi connectivity index (χ2v) is 3.40. The fraction of sp³-hybridized carbons (Fsp3) is 0.643. The van der Waals surface area contributed by atoms with Crippen molar-refractivity contribution in [1.29, 1.82) is 0 Å². The normalized spacial score (nSPS) is 12.9. The van der Waals surface area contributed by atoms with E-state index in [1.165, 1.54) is 0 Å². The van der Waals surface area contributed by atoms with Crippen molar-refractivity contribution in [3.8, 4) is 0 Å². The molecule has 0 atom stereocenters. The fourth-order valence-corrected chi connectivity index (χ4v) is 1.14. The van der Waals surface area contributed by atoms with E-state index < -0.39 is 0 Å². The average Bonchev–Trinajstić information content (AvgIpc) is 2.42. The first-order valence-electron chi connectivity index (χ1n) is 6.63. The third-order valence-electron chi connectivity index (χ3n) is 1.78. The zero-order valence-corrected chi connectivity index (χ0v) is 12.8. The Bertz CT molecular complexity index is 271. The Balaban J connectivity index is 0. The number of amides is 1. The molecule has 4 heteroatoms. The van der Waals surface area contributed by atoms with Crippen LogP contribution >= 0.6 is 0 Å². The Hall–Kier alpha value is -1.29. The van der Waals surface area contributed by atoms with Crippen LogP contribution in [0.5, 0.6) is 0 Å². The summed E-state index contributed by atoms with van der Waals surface area (Å²) in [4.78, 5) is 16.6. The number of nitrogens with zero attached hydrogens (tertiary/aromatic N) is 1. The molecule has 1 N–H and O–H groups in total. The molecule has 0 aromatic rings. The van der Waals surface area contributed by atoms with Crippen molar-refractivity contribution in [3.05, 3.63) is 23.9 Å². The molecule has 1 aliphatic rings. The van der Waals surface area contributed by atoms with E-state index in [0.717, 1.165) is 0 Å². The predicted molar refractivity (Wildman–Crippen MR) is 76.9 cm³/mol. The second kappa shape index (κ2) is 12.2. The molecular weight excluding hydrogens is 228 g/mol. The standard InChI is InChI=1S/C10H16N2O2.2C2H6/c1-8(2)11-10(13)9-5-4-6-12(7-9)14-3;2*1-2/h4-5,7-8H,6H2,1-3H3,(H,11,13);2*1-2H3. The van der Waals surface area contributed by atoms with Gasteiger partial charge in [-0.3, -0.25) is 14.7 Å². The molecule has 0 bridgehead atoms. The van der Waals surface area contributed by atoms with E-state index in [9.17, 15) is 4.79 Å². The molecule has 1 rings (SSSR count). The highest BCUT2D eigenvalue weighted by molar-refractivity contribution is 5.96. The van der Waals surface area contributed by atoms with Gasteiger partial charge in [-0.25, -0.2) is 0 Å². The molecule has 0 saturated heterocycles. The summed E-state index contributed by atoms with van der Waals surface area (Å²) in [6.07, 6.45) is 5.38. The summed E-state index contributed by atoms with van der Waals surface area (Å²) in [5.41, 5.74) is 0.617. The summed E-state index contributed by atoms with van der Waals surface area (Å²) < 4.78 is 0. The van der Waals surface area contributed by atoms with Gasteiger partial charge in [0, 0.05) is 12.2 Å². The first-order chi connectivity index (χ1) is 8.63. The lowest BCUT2D eigenvalue weighted by Gasteiger charge is -2.20. The van der Waals surface area contributed by atoms with Crippen LogP contribution in [0.1, 0.15) is 41.5 Å². The number of hydrogen-bond acceptors (Lipinski definition) is 3. The predicted octanol–water partition coefficient (Wildman–Crippen LogP) is 2.88. The average molecular weight is 256 g/mol. The molecule has 4 nitrogen and oxygen atoms in total. The zero-order valence-electron chi connectivity index (χ0n) is 12.8. The van der Waals surface area contributed by atoms with Gasteiger partial charge >= 0.3 is 0 Å². The highest BCUT2D eigenvalue weighted by Gasteiger charge is 2.12. The smallest absolute Gasteiger partial charge is 0.253 e. The minimum Gasteiger partial charge on any atom is -0.350 e. The van der Waals surface area contributed by atoms with Gasteiger partial charge < -0.3 is 5.32 Å². The molecule has 0 saturated carbocycles. The minimum absolute atomic E-state index is 0.0713. The van der Waals surface area contributed by atoms with Gasteiger partial charge in [0.1, 0.15) is 0 Å². The maximum absolute atomic E-state index is 11.6. The maximum Gasteiger partial charge on any atom is 0.253 e. The van der Waals surface area contributed by atoms with Gasteiger partial charge in [0.25, 0.3) is 5.91 Å². The first-order valence-corrected chi connectivity index (χ1v) is 6.63. The van der Waals surface area contributed by atoms with Crippen molar-refractivity contribution in [3.63, 3.8) is 0 Å².